The van der Waals surface area contributed by atoms with E-state index in [1.54, 1.807) is 6.20 Å². The number of carbonyl (C=O) groups excluding carboxylic acids is 1. The number of carbonyl (C=O) groups is 1. The molecule has 1 saturated heterocycles. The number of amides is 1. The molecule has 2 aliphatic rings. The first-order valence-corrected chi connectivity index (χ1v) is 8.15. The maximum Gasteiger partial charge on any atom is 0.227 e. The summed E-state index contributed by atoms with van der Waals surface area (Å²) in [5, 5.41) is 7.08. The molecule has 1 aromatic heterocycles. The molecule has 0 spiro atoms. The number of rotatable bonds is 2. The van der Waals surface area contributed by atoms with Crippen molar-refractivity contribution >= 4 is 5.91 Å². The lowest BCUT2D eigenvalue weighted by Gasteiger charge is -2.41. The van der Waals surface area contributed by atoms with Gasteiger partial charge in [0, 0.05) is 36.4 Å². The molecule has 5 heteroatoms. The quantitative estimate of drug-likeness (QED) is 0.875. The van der Waals surface area contributed by atoms with Crippen LogP contribution in [0.2, 0.25) is 0 Å². The van der Waals surface area contributed by atoms with Crippen LogP contribution in [0.4, 0.5) is 0 Å². The molecule has 1 saturated carbocycles. The Morgan fingerprint density at radius 1 is 1.38 bits per heavy atom. The molecule has 21 heavy (non-hydrogen) atoms. The first-order chi connectivity index (χ1) is 10.1. The summed E-state index contributed by atoms with van der Waals surface area (Å²) < 4.78 is 0. The fourth-order valence-electron chi connectivity index (χ4n) is 3.89. The van der Waals surface area contributed by atoms with Crippen molar-refractivity contribution in [3.63, 3.8) is 0 Å². The van der Waals surface area contributed by atoms with E-state index in [-0.39, 0.29) is 17.4 Å². The number of aromatic amines is 1. The van der Waals surface area contributed by atoms with E-state index in [0.29, 0.717) is 5.92 Å². The van der Waals surface area contributed by atoms with Gasteiger partial charge >= 0.3 is 0 Å². The van der Waals surface area contributed by atoms with Crippen LogP contribution in [0.25, 0.3) is 0 Å². The Bertz CT molecular complexity index is 474. The number of likely N-dealkylation sites (tertiary alicyclic amines) is 1. The first-order valence-electron chi connectivity index (χ1n) is 8.15. The molecule has 1 amide bonds. The molecule has 116 valence electrons. The molecule has 1 aromatic rings. The second-order valence-corrected chi connectivity index (χ2v) is 6.92. The summed E-state index contributed by atoms with van der Waals surface area (Å²) >= 11 is 0. The van der Waals surface area contributed by atoms with Crippen molar-refractivity contribution in [2.75, 3.05) is 13.1 Å². The predicted molar refractivity (Wildman–Crippen MR) is 81.7 cm³/mol. The summed E-state index contributed by atoms with van der Waals surface area (Å²) in [6, 6.07) is 2.04. The van der Waals surface area contributed by atoms with Crippen molar-refractivity contribution in [3.05, 3.63) is 18.0 Å². The summed E-state index contributed by atoms with van der Waals surface area (Å²) in [6.07, 6.45) is 8.03. The van der Waals surface area contributed by atoms with Crippen molar-refractivity contribution in [2.45, 2.75) is 56.9 Å². The van der Waals surface area contributed by atoms with E-state index < -0.39 is 0 Å². The third-order valence-corrected chi connectivity index (χ3v) is 5.32. The SMILES string of the molecule is CC1(N)CCCCC1C(=O)N1CCC(c2ccn[nH]2)CC1. The van der Waals surface area contributed by atoms with Crippen molar-refractivity contribution in [1.82, 2.24) is 15.1 Å². The largest absolute Gasteiger partial charge is 0.342 e. The number of H-pyrrole nitrogens is 1. The van der Waals surface area contributed by atoms with Gasteiger partial charge in [0.15, 0.2) is 0 Å². The molecule has 0 aromatic carbocycles. The molecule has 3 rings (SSSR count). The fourth-order valence-corrected chi connectivity index (χ4v) is 3.89. The summed E-state index contributed by atoms with van der Waals surface area (Å²) in [5.74, 6) is 0.796. The van der Waals surface area contributed by atoms with E-state index in [1.807, 2.05) is 17.9 Å². The Morgan fingerprint density at radius 3 is 2.76 bits per heavy atom. The lowest BCUT2D eigenvalue weighted by atomic mass is 9.73. The number of hydrogen-bond acceptors (Lipinski definition) is 3. The lowest BCUT2D eigenvalue weighted by molar-refractivity contribution is -0.140. The highest BCUT2D eigenvalue weighted by molar-refractivity contribution is 5.80. The molecule has 5 nitrogen and oxygen atoms in total. The van der Waals surface area contributed by atoms with E-state index >= 15 is 0 Å². The van der Waals surface area contributed by atoms with Crippen LogP contribution in [-0.2, 0) is 4.79 Å². The summed E-state index contributed by atoms with van der Waals surface area (Å²) in [7, 11) is 0. The van der Waals surface area contributed by atoms with Crippen LogP contribution in [0.3, 0.4) is 0 Å². The maximum absolute atomic E-state index is 12.8. The van der Waals surface area contributed by atoms with Gasteiger partial charge in [-0.1, -0.05) is 12.8 Å². The van der Waals surface area contributed by atoms with Gasteiger partial charge in [0.1, 0.15) is 0 Å². The zero-order chi connectivity index (χ0) is 14.9. The van der Waals surface area contributed by atoms with Gasteiger partial charge < -0.3 is 10.6 Å². The molecule has 2 heterocycles. The van der Waals surface area contributed by atoms with Crippen LogP contribution >= 0.6 is 0 Å². The average Bonchev–Trinajstić information content (AvgIpc) is 3.00. The van der Waals surface area contributed by atoms with Gasteiger partial charge in [-0.25, -0.2) is 0 Å². The standard InChI is InChI=1S/C16H26N4O/c1-16(17)8-3-2-4-13(16)15(21)20-10-6-12(7-11-20)14-5-9-18-19-14/h5,9,12-13H,2-4,6-8,10-11,17H2,1H3,(H,18,19). The second kappa shape index (κ2) is 5.79. The molecule has 2 fully saturated rings. The van der Waals surface area contributed by atoms with Crippen LogP contribution in [-0.4, -0.2) is 39.6 Å². The molecular formula is C16H26N4O. The number of nitrogens with one attached hydrogen (secondary N) is 1. The Kier molecular flexibility index (Phi) is 4.02. The Morgan fingerprint density at radius 2 is 2.14 bits per heavy atom. The van der Waals surface area contributed by atoms with Crippen LogP contribution in [0.15, 0.2) is 12.3 Å². The van der Waals surface area contributed by atoms with E-state index in [2.05, 4.69) is 10.2 Å². The first kappa shape index (κ1) is 14.6. The Balaban J connectivity index is 1.60. The number of piperidine rings is 1. The number of nitrogens with two attached hydrogens (primary N) is 1. The highest BCUT2D eigenvalue weighted by atomic mass is 16.2. The maximum atomic E-state index is 12.8. The molecule has 1 aliphatic carbocycles. The Hall–Kier alpha value is -1.36. The molecule has 3 N–H and O–H groups in total. The average molecular weight is 290 g/mol. The van der Waals surface area contributed by atoms with Gasteiger partial charge in [-0.05, 0) is 38.7 Å². The summed E-state index contributed by atoms with van der Waals surface area (Å²) in [4.78, 5) is 14.8. The zero-order valence-corrected chi connectivity index (χ0v) is 12.8. The fraction of sp³-hybridized carbons (Fsp3) is 0.750. The van der Waals surface area contributed by atoms with Crippen molar-refractivity contribution in [3.8, 4) is 0 Å². The molecule has 2 atom stereocenters. The van der Waals surface area contributed by atoms with E-state index in [9.17, 15) is 4.79 Å². The van der Waals surface area contributed by atoms with Gasteiger partial charge in [0.05, 0.1) is 5.92 Å². The number of aromatic nitrogens is 2. The number of nitrogens with zero attached hydrogens (tertiary/aromatic N) is 2. The molecule has 0 radical (unpaired) electrons. The van der Waals surface area contributed by atoms with Gasteiger partial charge in [0.25, 0.3) is 0 Å². The van der Waals surface area contributed by atoms with Crippen molar-refractivity contribution in [1.29, 1.82) is 0 Å². The molecule has 1 aliphatic heterocycles. The van der Waals surface area contributed by atoms with Gasteiger partial charge in [-0.15, -0.1) is 0 Å². The monoisotopic (exact) mass is 290 g/mol. The highest BCUT2D eigenvalue weighted by Crippen LogP contribution is 2.34. The minimum atomic E-state index is -0.324. The molecular weight excluding hydrogens is 264 g/mol. The normalized spacial score (nSPS) is 31.3. The molecule has 2 unspecified atom stereocenters. The van der Waals surface area contributed by atoms with Gasteiger partial charge in [-0.3, -0.25) is 9.89 Å². The number of hydrogen-bond donors (Lipinski definition) is 2. The minimum absolute atomic E-state index is 0.00922. The topological polar surface area (TPSA) is 75.0 Å². The van der Waals surface area contributed by atoms with Crippen LogP contribution in [0, 0.1) is 5.92 Å². The van der Waals surface area contributed by atoms with Crippen LogP contribution in [0.5, 0.6) is 0 Å². The van der Waals surface area contributed by atoms with Crippen LogP contribution in [0.1, 0.15) is 57.1 Å². The smallest absolute Gasteiger partial charge is 0.227 e. The van der Waals surface area contributed by atoms with Crippen LogP contribution < -0.4 is 5.73 Å². The summed E-state index contributed by atoms with van der Waals surface area (Å²) in [5.41, 5.74) is 7.25. The van der Waals surface area contributed by atoms with Gasteiger partial charge in [-0.2, -0.15) is 5.10 Å². The highest BCUT2D eigenvalue weighted by Gasteiger charge is 2.40. The third kappa shape index (κ3) is 2.98. The van der Waals surface area contributed by atoms with Crippen molar-refractivity contribution < 1.29 is 4.79 Å². The predicted octanol–water partition coefficient (Wildman–Crippen LogP) is 2.02. The van der Waals surface area contributed by atoms with E-state index in [0.717, 1.165) is 51.6 Å². The Labute approximate surface area is 126 Å². The zero-order valence-electron chi connectivity index (χ0n) is 12.8. The van der Waals surface area contributed by atoms with E-state index in [4.69, 9.17) is 5.73 Å². The van der Waals surface area contributed by atoms with Gasteiger partial charge in [0.2, 0.25) is 5.91 Å². The minimum Gasteiger partial charge on any atom is -0.342 e. The van der Waals surface area contributed by atoms with E-state index in [1.165, 1.54) is 5.69 Å². The molecule has 0 bridgehead atoms. The second-order valence-electron chi connectivity index (χ2n) is 6.92. The lowest BCUT2D eigenvalue weighted by Crippen LogP contribution is -2.54. The third-order valence-electron chi connectivity index (χ3n) is 5.32. The summed E-state index contributed by atoms with van der Waals surface area (Å²) in [6.45, 7) is 3.73. The van der Waals surface area contributed by atoms with Crippen molar-refractivity contribution in [2.24, 2.45) is 11.7 Å².